The summed E-state index contributed by atoms with van der Waals surface area (Å²) in [5.74, 6) is 0.195. The van der Waals surface area contributed by atoms with Gasteiger partial charge in [0.1, 0.15) is 0 Å². The maximum absolute atomic E-state index is 12.4. The van der Waals surface area contributed by atoms with Gasteiger partial charge in [0.2, 0.25) is 0 Å². The number of benzene rings is 2. The summed E-state index contributed by atoms with van der Waals surface area (Å²) in [6, 6.07) is 19.3. The fourth-order valence-corrected chi connectivity index (χ4v) is 4.47. The molecule has 4 nitrogen and oxygen atoms in total. The molecular formula is C20H26N2O2S. The van der Waals surface area contributed by atoms with Crippen molar-refractivity contribution >= 4 is 9.84 Å². The molecule has 0 atom stereocenters. The van der Waals surface area contributed by atoms with Crippen molar-refractivity contribution in [2.75, 3.05) is 45.0 Å². The topological polar surface area (TPSA) is 40.6 Å². The number of hydrogen-bond donors (Lipinski definition) is 0. The van der Waals surface area contributed by atoms with Gasteiger partial charge in [-0.05, 0) is 24.1 Å². The molecule has 1 saturated heterocycles. The van der Waals surface area contributed by atoms with E-state index in [4.69, 9.17) is 0 Å². The molecule has 25 heavy (non-hydrogen) atoms. The zero-order valence-electron chi connectivity index (χ0n) is 14.5. The molecule has 0 spiro atoms. The fourth-order valence-electron chi connectivity index (χ4n) is 3.16. The summed E-state index contributed by atoms with van der Waals surface area (Å²) in [6.07, 6.45) is 1.07. The molecule has 2 aromatic rings. The van der Waals surface area contributed by atoms with Crippen LogP contribution in [0, 0.1) is 0 Å². The van der Waals surface area contributed by atoms with Crippen molar-refractivity contribution in [2.24, 2.45) is 0 Å². The van der Waals surface area contributed by atoms with E-state index in [9.17, 15) is 8.42 Å². The van der Waals surface area contributed by atoms with E-state index >= 15 is 0 Å². The van der Waals surface area contributed by atoms with Crippen molar-refractivity contribution in [1.82, 2.24) is 9.80 Å². The predicted molar refractivity (Wildman–Crippen MR) is 102 cm³/mol. The molecule has 0 bridgehead atoms. The Hall–Kier alpha value is -1.69. The highest BCUT2D eigenvalue weighted by atomic mass is 32.2. The average Bonchev–Trinajstić information content (AvgIpc) is 2.67. The zero-order chi connectivity index (χ0) is 17.5. The molecule has 1 heterocycles. The Bertz CT molecular complexity index is 740. The van der Waals surface area contributed by atoms with Gasteiger partial charge in [0.25, 0.3) is 0 Å². The van der Waals surface area contributed by atoms with Crippen molar-refractivity contribution in [1.29, 1.82) is 0 Å². The van der Waals surface area contributed by atoms with Crippen LogP contribution >= 0.6 is 0 Å². The number of sulfone groups is 1. The van der Waals surface area contributed by atoms with Gasteiger partial charge in [0.15, 0.2) is 9.84 Å². The Kier molecular flexibility index (Phi) is 6.24. The summed E-state index contributed by atoms with van der Waals surface area (Å²) in [4.78, 5) is 5.16. The monoisotopic (exact) mass is 358 g/mol. The lowest BCUT2D eigenvalue weighted by Crippen LogP contribution is -2.48. The number of piperazine rings is 1. The summed E-state index contributed by atoms with van der Waals surface area (Å²) in [7, 11) is -3.17. The lowest BCUT2D eigenvalue weighted by molar-refractivity contribution is 0.139. The SMILES string of the molecule is O=S(=O)(CCN1CCN(CCc2ccccc2)CC1)c1ccccc1. The van der Waals surface area contributed by atoms with Crippen LogP contribution in [0.15, 0.2) is 65.6 Å². The molecule has 1 fully saturated rings. The van der Waals surface area contributed by atoms with E-state index in [2.05, 4.69) is 34.1 Å². The highest BCUT2D eigenvalue weighted by Crippen LogP contribution is 2.11. The number of rotatable bonds is 7. The number of nitrogens with zero attached hydrogens (tertiary/aromatic N) is 2. The van der Waals surface area contributed by atoms with Gasteiger partial charge >= 0.3 is 0 Å². The molecule has 0 saturated carbocycles. The van der Waals surface area contributed by atoms with E-state index in [-0.39, 0.29) is 5.75 Å². The van der Waals surface area contributed by atoms with Crippen molar-refractivity contribution in [3.63, 3.8) is 0 Å². The second-order valence-electron chi connectivity index (χ2n) is 6.55. The Morgan fingerprint density at radius 2 is 1.24 bits per heavy atom. The molecular weight excluding hydrogens is 332 g/mol. The lowest BCUT2D eigenvalue weighted by atomic mass is 10.1. The maximum Gasteiger partial charge on any atom is 0.179 e. The van der Waals surface area contributed by atoms with Crippen LogP contribution in [0.1, 0.15) is 5.56 Å². The Morgan fingerprint density at radius 3 is 1.84 bits per heavy atom. The zero-order valence-corrected chi connectivity index (χ0v) is 15.4. The van der Waals surface area contributed by atoms with Crippen LogP contribution in [0.2, 0.25) is 0 Å². The third-order valence-corrected chi connectivity index (χ3v) is 6.51. The largest absolute Gasteiger partial charge is 0.300 e. The van der Waals surface area contributed by atoms with E-state index in [1.165, 1.54) is 5.56 Å². The molecule has 3 rings (SSSR count). The summed E-state index contributed by atoms with van der Waals surface area (Å²) < 4.78 is 24.7. The highest BCUT2D eigenvalue weighted by Gasteiger charge is 2.20. The van der Waals surface area contributed by atoms with Crippen LogP contribution in [-0.2, 0) is 16.3 Å². The van der Waals surface area contributed by atoms with Gasteiger partial charge in [-0.2, -0.15) is 0 Å². The van der Waals surface area contributed by atoms with E-state index in [1.807, 2.05) is 12.1 Å². The van der Waals surface area contributed by atoms with Crippen LogP contribution < -0.4 is 0 Å². The van der Waals surface area contributed by atoms with Gasteiger partial charge in [-0.1, -0.05) is 48.5 Å². The van der Waals surface area contributed by atoms with Crippen molar-refractivity contribution in [2.45, 2.75) is 11.3 Å². The lowest BCUT2D eigenvalue weighted by Gasteiger charge is -2.34. The van der Waals surface area contributed by atoms with Gasteiger partial charge in [0.05, 0.1) is 10.6 Å². The molecule has 0 unspecified atom stereocenters. The molecule has 0 radical (unpaired) electrons. The highest BCUT2D eigenvalue weighted by molar-refractivity contribution is 7.91. The van der Waals surface area contributed by atoms with Crippen LogP contribution in [0.5, 0.6) is 0 Å². The van der Waals surface area contributed by atoms with Crippen LogP contribution in [0.25, 0.3) is 0 Å². The minimum Gasteiger partial charge on any atom is -0.300 e. The Labute approximate surface area is 151 Å². The van der Waals surface area contributed by atoms with Gasteiger partial charge in [-0.25, -0.2) is 8.42 Å². The molecule has 1 aliphatic rings. The summed E-state index contributed by atoms with van der Waals surface area (Å²) in [6.45, 7) is 5.60. The quantitative estimate of drug-likeness (QED) is 0.762. The minimum atomic E-state index is -3.17. The van der Waals surface area contributed by atoms with E-state index in [0.717, 1.165) is 39.1 Å². The van der Waals surface area contributed by atoms with Gasteiger partial charge in [0, 0.05) is 39.3 Å². The third-order valence-electron chi connectivity index (χ3n) is 4.80. The molecule has 0 aliphatic carbocycles. The molecule has 134 valence electrons. The Balaban J connectivity index is 1.41. The molecule has 0 aromatic heterocycles. The van der Waals surface area contributed by atoms with Crippen molar-refractivity contribution in [3.8, 4) is 0 Å². The van der Waals surface area contributed by atoms with Gasteiger partial charge < -0.3 is 4.90 Å². The summed E-state index contributed by atoms with van der Waals surface area (Å²) in [5.41, 5.74) is 1.37. The molecule has 0 amide bonds. The first-order valence-electron chi connectivity index (χ1n) is 8.90. The second-order valence-corrected chi connectivity index (χ2v) is 8.66. The normalized spacial score (nSPS) is 16.8. The van der Waals surface area contributed by atoms with Crippen LogP contribution in [0.3, 0.4) is 0 Å². The molecule has 1 aliphatic heterocycles. The molecule has 2 aromatic carbocycles. The summed E-state index contributed by atoms with van der Waals surface area (Å²) in [5, 5.41) is 0. The molecule has 0 N–H and O–H groups in total. The van der Waals surface area contributed by atoms with Crippen LogP contribution in [-0.4, -0.2) is 63.2 Å². The van der Waals surface area contributed by atoms with E-state index in [0.29, 0.717) is 11.4 Å². The summed E-state index contributed by atoms with van der Waals surface area (Å²) >= 11 is 0. The second kappa shape index (κ2) is 8.61. The maximum atomic E-state index is 12.4. The Morgan fingerprint density at radius 1 is 0.720 bits per heavy atom. The fraction of sp³-hybridized carbons (Fsp3) is 0.400. The van der Waals surface area contributed by atoms with Gasteiger partial charge in [-0.15, -0.1) is 0 Å². The van der Waals surface area contributed by atoms with Crippen molar-refractivity contribution < 1.29 is 8.42 Å². The van der Waals surface area contributed by atoms with E-state index < -0.39 is 9.84 Å². The van der Waals surface area contributed by atoms with Crippen LogP contribution in [0.4, 0.5) is 0 Å². The van der Waals surface area contributed by atoms with E-state index in [1.54, 1.807) is 24.3 Å². The smallest absolute Gasteiger partial charge is 0.179 e. The first kappa shape index (κ1) is 18.1. The predicted octanol–water partition coefficient (Wildman–Crippen LogP) is 2.32. The number of hydrogen-bond acceptors (Lipinski definition) is 4. The molecule has 5 heteroatoms. The third kappa shape index (κ3) is 5.39. The average molecular weight is 359 g/mol. The van der Waals surface area contributed by atoms with Gasteiger partial charge in [-0.3, -0.25) is 4.90 Å². The minimum absolute atomic E-state index is 0.195. The first-order chi connectivity index (χ1) is 12.1. The standard InChI is InChI=1S/C20H26N2O2S/c23-25(24,20-9-5-2-6-10-20)18-17-22-15-13-21(14-16-22)12-11-19-7-3-1-4-8-19/h1-10H,11-18H2. The first-order valence-corrected chi connectivity index (χ1v) is 10.6. The van der Waals surface area contributed by atoms with Crippen molar-refractivity contribution in [3.05, 3.63) is 66.2 Å².